The van der Waals surface area contributed by atoms with Crippen LogP contribution in [0, 0.1) is 0 Å². The van der Waals surface area contributed by atoms with E-state index in [2.05, 4.69) is 5.32 Å². The highest BCUT2D eigenvalue weighted by atomic mass is 16.4. The highest BCUT2D eigenvalue weighted by Crippen LogP contribution is 2.00. The van der Waals surface area contributed by atoms with Crippen LogP contribution >= 0.6 is 0 Å². The molecule has 0 aromatic heterocycles. The van der Waals surface area contributed by atoms with Crippen molar-refractivity contribution in [3.05, 3.63) is 0 Å². The molecule has 0 aliphatic rings. The Balaban J connectivity index is 3.99. The zero-order valence-electron chi connectivity index (χ0n) is 10.6. The van der Waals surface area contributed by atoms with Crippen molar-refractivity contribution in [1.82, 2.24) is 5.32 Å². The topological polar surface area (TPSA) is 104 Å². The first-order valence-electron chi connectivity index (χ1n) is 6.16. The smallest absolute Gasteiger partial charge is 0.320 e. The summed E-state index contributed by atoms with van der Waals surface area (Å²) in [4.78, 5) is 33.5. The van der Waals surface area contributed by atoms with Gasteiger partial charge in [0.25, 0.3) is 0 Å². The van der Waals surface area contributed by atoms with Crippen molar-refractivity contribution in [3.8, 4) is 0 Å². The number of ketones is 2. The number of aliphatic carboxylic acids is 1. The molecule has 6 nitrogen and oxygen atoms in total. The average molecular weight is 259 g/mol. The third kappa shape index (κ3) is 7.13. The Bertz CT molecular complexity index is 290. The maximum atomic E-state index is 11.4. The molecule has 0 aromatic rings. The van der Waals surface area contributed by atoms with E-state index in [1.165, 1.54) is 0 Å². The fourth-order valence-corrected chi connectivity index (χ4v) is 1.43. The number of carboxylic acids is 1. The maximum absolute atomic E-state index is 11.4. The van der Waals surface area contributed by atoms with Crippen molar-refractivity contribution in [3.63, 3.8) is 0 Å². The van der Waals surface area contributed by atoms with Gasteiger partial charge in [-0.2, -0.15) is 0 Å². The molecular weight excluding hydrogens is 238 g/mol. The van der Waals surface area contributed by atoms with Crippen LogP contribution in [0.15, 0.2) is 0 Å². The number of hydrogen-bond acceptors (Lipinski definition) is 5. The molecule has 18 heavy (non-hydrogen) atoms. The number of carbonyl (C=O) groups excluding carboxylic acids is 2. The molecule has 0 rings (SSSR count). The van der Waals surface area contributed by atoms with E-state index < -0.39 is 23.6 Å². The van der Waals surface area contributed by atoms with Crippen molar-refractivity contribution in [2.24, 2.45) is 0 Å². The van der Waals surface area contributed by atoms with Gasteiger partial charge in [-0.3, -0.25) is 19.7 Å². The lowest BCUT2D eigenvalue weighted by Crippen LogP contribution is -2.41. The number of carbonyl (C=O) groups is 3. The molecule has 0 saturated carbocycles. The molecule has 0 fully saturated rings. The van der Waals surface area contributed by atoms with Crippen LogP contribution in [0.2, 0.25) is 0 Å². The fourth-order valence-electron chi connectivity index (χ4n) is 1.43. The van der Waals surface area contributed by atoms with E-state index in [0.717, 1.165) is 12.8 Å². The van der Waals surface area contributed by atoms with Gasteiger partial charge >= 0.3 is 5.97 Å². The monoisotopic (exact) mass is 259 g/mol. The molecular formula is C12H21NO5. The van der Waals surface area contributed by atoms with Gasteiger partial charge in [0.05, 0.1) is 6.54 Å². The minimum absolute atomic E-state index is 0.00659. The van der Waals surface area contributed by atoms with E-state index in [1.54, 1.807) is 0 Å². The summed E-state index contributed by atoms with van der Waals surface area (Å²) in [6.45, 7) is 1.42. The van der Waals surface area contributed by atoms with Gasteiger partial charge in [-0.25, -0.2) is 0 Å². The largest absolute Gasteiger partial charge is 0.480 e. The van der Waals surface area contributed by atoms with Crippen LogP contribution < -0.4 is 5.32 Å². The Morgan fingerprint density at radius 2 is 1.83 bits per heavy atom. The Morgan fingerprint density at radius 3 is 2.33 bits per heavy atom. The molecule has 0 saturated heterocycles. The number of aliphatic hydroxyl groups excluding tert-OH is 1. The van der Waals surface area contributed by atoms with Crippen LogP contribution in [0.5, 0.6) is 0 Å². The van der Waals surface area contributed by atoms with Gasteiger partial charge in [0.1, 0.15) is 6.04 Å². The first-order valence-corrected chi connectivity index (χ1v) is 6.16. The minimum atomic E-state index is -1.14. The second-order valence-electron chi connectivity index (χ2n) is 4.09. The summed E-state index contributed by atoms with van der Waals surface area (Å²) >= 11 is 0. The lowest BCUT2D eigenvalue weighted by molar-refractivity contribution is -0.140. The summed E-state index contributed by atoms with van der Waals surface area (Å²) in [6, 6.07) is -0.998. The first-order chi connectivity index (χ1) is 8.52. The van der Waals surface area contributed by atoms with E-state index >= 15 is 0 Å². The molecule has 104 valence electrons. The van der Waals surface area contributed by atoms with Gasteiger partial charge in [0, 0.05) is 13.0 Å². The van der Waals surface area contributed by atoms with Crippen molar-refractivity contribution >= 4 is 17.5 Å². The zero-order valence-corrected chi connectivity index (χ0v) is 10.6. The number of rotatable bonds is 11. The predicted octanol–water partition coefficient (Wildman–Crippen LogP) is 0.130. The predicted molar refractivity (Wildman–Crippen MR) is 65.3 cm³/mol. The molecule has 0 bridgehead atoms. The highest BCUT2D eigenvalue weighted by Gasteiger charge is 2.19. The molecule has 6 heteroatoms. The van der Waals surface area contributed by atoms with E-state index in [4.69, 9.17) is 10.2 Å². The second kappa shape index (κ2) is 9.73. The third-order valence-corrected chi connectivity index (χ3v) is 2.54. The number of hydrogen-bond donors (Lipinski definition) is 3. The summed E-state index contributed by atoms with van der Waals surface area (Å²) in [5.74, 6) is -2.21. The Morgan fingerprint density at radius 1 is 1.17 bits per heavy atom. The maximum Gasteiger partial charge on any atom is 0.320 e. The van der Waals surface area contributed by atoms with E-state index in [0.29, 0.717) is 6.42 Å². The summed E-state index contributed by atoms with van der Waals surface area (Å²) in [5, 5.41) is 19.9. The normalized spacial score (nSPS) is 12.1. The van der Waals surface area contributed by atoms with Crippen LogP contribution in [-0.4, -0.2) is 46.9 Å². The summed E-state index contributed by atoms with van der Waals surface area (Å²) in [6.07, 6.45) is 2.77. The molecule has 0 aliphatic heterocycles. The van der Waals surface area contributed by atoms with Crippen LogP contribution in [0.1, 0.15) is 39.0 Å². The van der Waals surface area contributed by atoms with Gasteiger partial charge < -0.3 is 10.2 Å². The van der Waals surface area contributed by atoms with Gasteiger partial charge in [0.2, 0.25) is 5.78 Å². The van der Waals surface area contributed by atoms with Crippen LogP contribution in [0.3, 0.4) is 0 Å². The van der Waals surface area contributed by atoms with Gasteiger partial charge in [0.15, 0.2) is 5.78 Å². The molecule has 0 heterocycles. The molecule has 0 unspecified atom stereocenters. The molecule has 0 spiro atoms. The number of Topliss-reactive ketones (excluding diaryl/α,β-unsaturated/α-hetero) is 2. The fraction of sp³-hybridized carbons (Fsp3) is 0.750. The van der Waals surface area contributed by atoms with Gasteiger partial charge in [-0.1, -0.05) is 19.8 Å². The Labute approximate surface area is 106 Å². The van der Waals surface area contributed by atoms with Crippen LogP contribution in [0.25, 0.3) is 0 Å². The summed E-state index contributed by atoms with van der Waals surface area (Å²) in [7, 11) is 0. The van der Waals surface area contributed by atoms with Crippen molar-refractivity contribution < 1.29 is 24.6 Å². The highest BCUT2D eigenvalue weighted by molar-refractivity contribution is 6.38. The zero-order chi connectivity index (χ0) is 14.0. The molecule has 1 atom stereocenters. The van der Waals surface area contributed by atoms with Crippen molar-refractivity contribution in [1.29, 1.82) is 0 Å². The number of nitrogens with one attached hydrogen (secondary N) is 1. The third-order valence-electron chi connectivity index (χ3n) is 2.54. The quantitative estimate of drug-likeness (QED) is 0.360. The SMILES string of the molecule is CCCCCC(=O)C(=O)CN[C@@H](CCO)C(=O)O. The summed E-state index contributed by atoms with van der Waals surface area (Å²) < 4.78 is 0. The minimum Gasteiger partial charge on any atom is -0.480 e. The lowest BCUT2D eigenvalue weighted by Gasteiger charge is -2.11. The first kappa shape index (κ1) is 16.7. The van der Waals surface area contributed by atoms with Crippen LogP contribution in [0.4, 0.5) is 0 Å². The molecule has 0 amide bonds. The number of unbranched alkanes of at least 4 members (excludes halogenated alkanes) is 2. The second-order valence-corrected chi connectivity index (χ2v) is 4.09. The molecule has 0 radical (unpaired) electrons. The van der Waals surface area contributed by atoms with E-state index in [-0.39, 0.29) is 26.0 Å². The van der Waals surface area contributed by atoms with E-state index in [9.17, 15) is 14.4 Å². The number of carboxylic acid groups (broad SMARTS) is 1. The number of aliphatic hydroxyl groups is 1. The van der Waals surface area contributed by atoms with Gasteiger partial charge in [-0.05, 0) is 12.8 Å². The molecule has 0 aliphatic carbocycles. The van der Waals surface area contributed by atoms with Crippen molar-refractivity contribution in [2.45, 2.75) is 45.1 Å². The van der Waals surface area contributed by atoms with Crippen molar-refractivity contribution in [2.75, 3.05) is 13.2 Å². The van der Waals surface area contributed by atoms with E-state index in [1.807, 2.05) is 6.92 Å². The van der Waals surface area contributed by atoms with Crippen LogP contribution in [-0.2, 0) is 14.4 Å². The standard InChI is InChI=1S/C12H21NO5/c1-2-3-4-5-10(15)11(16)8-13-9(6-7-14)12(17)18/h9,13-14H,2-8H2,1H3,(H,17,18)/t9-/m0/s1. The summed E-state index contributed by atoms with van der Waals surface area (Å²) in [5.41, 5.74) is 0. The van der Waals surface area contributed by atoms with Gasteiger partial charge in [-0.15, -0.1) is 0 Å². The average Bonchev–Trinajstić information content (AvgIpc) is 2.33. The lowest BCUT2D eigenvalue weighted by atomic mass is 10.1. The molecule has 3 N–H and O–H groups in total. The Kier molecular flexibility index (Phi) is 9.04. The Hall–Kier alpha value is -1.27. The molecule has 0 aromatic carbocycles.